The lowest BCUT2D eigenvalue weighted by Crippen LogP contribution is -2.28. The molecule has 140 valence electrons. The molecule has 5 rings (SSSR count). The van der Waals surface area contributed by atoms with E-state index in [0.717, 1.165) is 74.0 Å². The Morgan fingerprint density at radius 2 is 1.93 bits per heavy atom. The number of anilines is 2. The molecule has 0 bridgehead atoms. The van der Waals surface area contributed by atoms with E-state index in [-0.39, 0.29) is 0 Å². The molecular weight excluding hydrogens is 342 g/mol. The molecule has 7 heteroatoms. The van der Waals surface area contributed by atoms with Crippen LogP contribution in [0.5, 0.6) is 0 Å². The highest BCUT2D eigenvalue weighted by Crippen LogP contribution is 2.28. The Morgan fingerprint density at radius 3 is 2.85 bits per heavy atom. The molecule has 1 atom stereocenters. The van der Waals surface area contributed by atoms with Gasteiger partial charge < -0.3 is 19.4 Å². The van der Waals surface area contributed by atoms with Crippen LogP contribution in [0, 0.1) is 0 Å². The number of furan rings is 1. The van der Waals surface area contributed by atoms with Gasteiger partial charge in [-0.15, -0.1) is 0 Å². The largest absolute Gasteiger partial charge is 0.464 e. The highest BCUT2D eigenvalue weighted by Gasteiger charge is 2.26. The number of fused-ring (bicyclic) bond motifs is 1. The van der Waals surface area contributed by atoms with Crippen LogP contribution in [0.2, 0.25) is 0 Å². The van der Waals surface area contributed by atoms with E-state index in [1.807, 2.05) is 18.3 Å². The maximum absolute atomic E-state index is 5.47. The molecule has 27 heavy (non-hydrogen) atoms. The maximum Gasteiger partial charge on any atom is 0.225 e. The fraction of sp³-hybridized carbons (Fsp3) is 0.450. The molecule has 1 unspecified atom stereocenters. The van der Waals surface area contributed by atoms with Crippen molar-refractivity contribution in [2.45, 2.75) is 31.2 Å². The summed E-state index contributed by atoms with van der Waals surface area (Å²) in [5.41, 5.74) is 2.00. The molecular formula is C20H23N5O2. The zero-order valence-electron chi connectivity index (χ0n) is 15.2. The average molecular weight is 365 g/mol. The molecule has 0 spiro atoms. The van der Waals surface area contributed by atoms with Crippen LogP contribution in [0.15, 0.2) is 41.3 Å². The van der Waals surface area contributed by atoms with E-state index in [9.17, 15) is 0 Å². The molecule has 3 aromatic heterocycles. The molecule has 0 saturated carbocycles. The van der Waals surface area contributed by atoms with Crippen LogP contribution in [0.1, 0.15) is 30.9 Å². The van der Waals surface area contributed by atoms with Gasteiger partial charge in [0.2, 0.25) is 5.95 Å². The lowest BCUT2D eigenvalue weighted by atomic mass is 9.96. The third-order valence-corrected chi connectivity index (χ3v) is 5.50. The molecule has 0 radical (unpaired) electrons. The number of nitrogens with zero attached hydrogens (tertiary/aromatic N) is 4. The zero-order valence-corrected chi connectivity index (χ0v) is 15.2. The number of hydrogen-bond donors (Lipinski definition) is 1. The van der Waals surface area contributed by atoms with Gasteiger partial charge in [0.05, 0.1) is 11.6 Å². The molecule has 0 aromatic carbocycles. The molecule has 3 aromatic rings. The fourth-order valence-electron chi connectivity index (χ4n) is 4.00. The Kier molecular flexibility index (Phi) is 4.37. The van der Waals surface area contributed by atoms with Crippen molar-refractivity contribution in [3.8, 4) is 0 Å². The van der Waals surface area contributed by atoms with Crippen molar-refractivity contribution in [2.24, 2.45) is 0 Å². The summed E-state index contributed by atoms with van der Waals surface area (Å²) >= 11 is 0. The summed E-state index contributed by atoms with van der Waals surface area (Å²) in [5.74, 6) is 2.20. The number of ether oxygens (including phenoxy) is 1. The van der Waals surface area contributed by atoms with Gasteiger partial charge in [0.1, 0.15) is 11.4 Å². The Balaban J connectivity index is 1.29. The second kappa shape index (κ2) is 7.15. The Morgan fingerprint density at radius 1 is 1.04 bits per heavy atom. The van der Waals surface area contributed by atoms with Crippen molar-refractivity contribution >= 4 is 22.7 Å². The minimum atomic E-state index is 0.313. The number of hydrogen-bond acceptors (Lipinski definition) is 7. The second-order valence-corrected chi connectivity index (χ2v) is 7.24. The van der Waals surface area contributed by atoms with Gasteiger partial charge in [0.15, 0.2) is 0 Å². The van der Waals surface area contributed by atoms with E-state index in [1.165, 1.54) is 0 Å². The van der Waals surface area contributed by atoms with Gasteiger partial charge in [-0.05, 0) is 37.5 Å². The van der Waals surface area contributed by atoms with Gasteiger partial charge in [-0.1, -0.05) is 0 Å². The van der Waals surface area contributed by atoms with Crippen molar-refractivity contribution in [1.82, 2.24) is 15.0 Å². The van der Waals surface area contributed by atoms with E-state index in [0.29, 0.717) is 12.0 Å². The highest BCUT2D eigenvalue weighted by atomic mass is 16.5. The van der Waals surface area contributed by atoms with Crippen molar-refractivity contribution < 1.29 is 9.15 Å². The standard InChI is InChI=1S/C20H23N5O2/c1-7-22-20(24-17(1)14-4-10-26-11-5-14)25-9-3-15(13-25)23-19-16-6-12-27-18(16)2-8-21-19/h1-2,6-8,12,14-15H,3-5,9-11,13H2,(H,21,23). The van der Waals surface area contributed by atoms with Gasteiger partial charge >= 0.3 is 0 Å². The summed E-state index contributed by atoms with van der Waals surface area (Å²) in [6.07, 6.45) is 8.49. The second-order valence-electron chi connectivity index (χ2n) is 7.24. The summed E-state index contributed by atoms with van der Waals surface area (Å²) < 4.78 is 10.9. The quantitative estimate of drug-likeness (QED) is 0.761. The predicted octanol–water partition coefficient (Wildman–Crippen LogP) is 3.20. The molecule has 2 saturated heterocycles. The van der Waals surface area contributed by atoms with E-state index >= 15 is 0 Å². The summed E-state index contributed by atoms with van der Waals surface area (Å²) in [7, 11) is 0. The smallest absolute Gasteiger partial charge is 0.225 e. The third kappa shape index (κ3) is 3.35. The lowest BCUT2D eigenvalue weighted by Gasteiger charge is -2.23. The SMILES string of the molecule is c1cc(C2CCOCC2)nc(N2CCC(Nc3nccc4occc34)C2)n1. The summed E-state index contributed by atoms with van der Waals surface area (Å²) in [5, 5.41) is 4.58. The summed E-state index contributed by atoms with van der Waals surface area (Å²) in [6, 6.07) is 6.21. The Labute approximate surface area is 157 Å². The van der Waals surface area contributed by atoms with Gasteiger partial charge in [0, 0.05) is 56.4 Å². The average Bonchev–Trinajstić information content (AvgIpc) is 3.39. The van der Waals surface area contributed by atoms with E-state index in [1.54, 1.807) is 12.5 Å². The molecule has 5 heterocycles. The Hall–Kier alpha value is -2.67. The first-order valence-electron chi connectivity index (χ1n) is 9.61. The van der Waals surface area contributed by atoms with E-state index in [4.69, 9.17) is 14.1 Å². The maximum atomic E-state index is 5.47. The number of aromatic nitrogens is 3. The molecule has 2 aliphatic rings. The minimum absolute atomic E-state index is 0.313. The Bertz CT molecular complexity index is 921. The van der Waals surface area contributed by atoms with Crippen LogP contribution in [0.25, 0.3) is 11.0 Å². The molecule has 7 nitrogen and oxygen atoms in total. The van der Waals surface area contributed by atoms with E-state index in [2.05, 4.69) is 26.3 Å². The molecule has 2 fully saturated rings. The van der Waals surface area contributed by atoms with Crippen LogP contribution in [-0.2, 0) is 4.74 Å². The summed E-state index contributed by atoms with van der Waals surface area (Å²) in [4.78, 5) is 16.1. The van der Waals surface area contributed by atoms with Crippen molar-refractivity contribution in [3.63, 3.8) is 0 Å². The molecule has 2 aliphatic heterocycles. The van der Waals surface area contributed by atoms with Gasteiger partial charge in [-0.25, -0.2) is 15.0 Å². The third-order valence-electron chi connectivity index (χ3n) is 5.50. The van der Waals surface area contributed by atoms with Crippen molar-refractivity contribution in [2.75, 3.05) is 36.5 Å². The lowest BCUT2D eigenvalue weighted by molar-refractivity contribution is 0.0845. The normalized spacial score (nSPS) is 21.0. The van der Waals surface area contributed by atoms with Gasteiger partial charge in [0.25, 0.3) is 0 Å². The predicted molar refractivity (Wildman–Crippen MR) is 103 cm³/mol. The van der Waals surface area contributed by atoms with Crippen molar-refractivity contribution in [1.29, 1.82) is 0 Å². The molecule has 0 aliphatic carbocycles. The van der Waals surface area contributed by atoms with Crippen LogP contribution in [-0.4, -0.2) is 47.3 Å². The zero-order chi connectivity index (χ0) is 18.1. The van der Waals surface area contributed by atoms with Crippen molar-refractivity contribution in [3.05, 3.63) is 42.5 Å². The molecule has 1 N–H and O–H groups in total. The number of pyridine rings is 1. The topological polar surface area (TPSA) is 76.3 Å². The van der Waals surface area contributed by atoms with Gasteiger partial charge in [-0.3, -0.25) is 0 Å². The van der Waals surface area contributed by atoms with E-state index < -0.39 is 0 Å². The van der Waals surface area contributed by atoms with Crippen LogP contribution >= 0.6 is 0 Å². The fourth-order valence-corrected chi connectivity index (χ4v) is 4.00. The minimum Gasteiger partial charge on any atom is -0.464 e. The monoisotopic (exact) mass is 365 g/mol. The number of rotatable bonds is 4. The van der Waals surface area contributed by atoms with Crippen LogP contribution in [0.3, 0.4) is 0 Å². The first-order chi connectivity index (χ1) is 13.4. The first-order valence-corrected chi connectivity index (χ1v) is 9.61. The van der Waals surface area contributed by atoms with Crippen LogP contribution in [0.4, 0.5) is 11.8 Å². The van der Waals surface area contributed by atoms with Gasteiger partial charge in [-0.2, -0.15) is 0 Å². The molecule has 0 amide bonds. The highest BCUT2D eigenvalue weighted by molar-refractivity contribution is 5.88. The summed E-state index contributed by atoms with van der Waals surface area (Å²) in [6.45, 7) is 3.46. The number of nitrogens with one attached hydrogen (secondary N) is 1. The van der Waals surface area contributed by atoms with Crippen LogP contribution < -0.4 is 10.2 Å². The first kappa shape index (κ1) is 16.5.